The number of aromatic nitrogens is 2. The molecule has 2 aliphatic carbocycles. The highest BCUT2D eigenvalue weighted by Gasteiger charge is 2.40. The van der Waals surface area contributed by atoms with Crippen LogP contribution in [0, 0.1) is 17.8 Å². The molecule has 18 heavy (non-hydrogen) atoms. The minimum absolute atomic E-state index is 0.151. The van der Waals surface area contributed by atoms with Gasteiger partial charge in [0.2, 0.25) is 5.89 Å². The fourth-order valence-corrected chi connectivity index (χ4v) is 3.69. The summed E-state index contributed by atoms with van der Waals surface area (Å²) in [6, 6.07) is 0.151. The molecule has 2 bridgehead atoms. The summed E-state index contributed by atoms with van der Waals surface area (Å²) in [4.78, 5) is 4.49. The van der Waals surface area contributed by atoms with Crippen LogP contribution in [0.1, 0.15) is 50.7 Å². The summed E-state index contributed by atoms with van der Waals surface area (Å²) in [6.45, 7) is 2.08. The molecule has 0 amide bonds. The van der Waals surface area contributed by atoms with Crippen molar-refractivity contribution < 1.29 is 4.52 Å². The summed E-state index contributed by atoms with van der Waals surface area (Å²) in [5, 5.41) is 4.04. The van der Waals surface area contributed by atoms with Crippen molar-refractivity contribution in [2.75, 3.05) is 0 Å². The van der Waals surface area contributed by atoms with Crippen LogP contribution in [0.4, 0.5) is 0 Å². The van der Waals surface area contributed by atoms with Crippen molar-refractivity contribution in [1.29, 1.82) is 0 Å². The quantitative estimate of drug-likeness (QED) is 0.869. The third kappa shape index (κ3) is 2.44. The molecule has 0 radical (unpaired) electrons. The number of nitrogens with two attached hydrogens (primary N) is 1. The van der Waals surface area contributed by atoms with E-state index in [9.17, 15) is 0 Å². The van der Waals surface area contributed by atoms with Crippen LogP contribution in [0.2, 0.25) is 0 Å². The van der Waals surface area contributed by atoms with Crippen LogP contribution in [0.3, 0.4) is 0 Å². The van der Waals surface area contributed by atoms with Crippen LogP contribution in [0.5, 0.6) is 0 Å². The first kappa shape index (κ1) is 12.2. The van der Waals surface area contributed by atoms with Crippen molar-refractivity contribution in [3.63, 3.8) is 0 Å². The average Bonchev–Trinajstić information content (AvgIpc) is 3.06. The molecule has 1 aromatic heterocycles. The monoisotopic (exact) mass is 249 g/mol. The molecule has 1 aromatic rings. The first-order valence-electron chi connectivity index (χ1n) is 7.31. The standard InChI is InChI=1S/C14H23N3O/c1-2-12(15)8-13-16-14(18-17-13)7-11-6-9-3-4-10(11)5-9/h9-12H,2-8,15H2,1H3. The predicted molar refractivity (Wildman–Crippen MR) is 68.9 cm³/mol. The van der Waals surface area contributed by atoms with E-state index in [1.807, 2.05) is 0 Å². The van der Waals surface area contributed by atoms with Gasteiger partial charge in [0.25, 0.3) is 0 Å². The number of fused-ring (bicyclic) bond motifs is 2. The van der Waals surface area contributed by atoms with Gasteiger partial charge in [-0.2, -0.15) is 4.98 Å². The molecule has 4 unspecified atom stereocenters. The Morgan fingerprint density at radius 1 is 1.39 bits per heavy atom. The molecular formula is C14H23N3O. The molecule has 2 aliphatic rings. The second-order valence-electron chi connectivity index (χ2n) is 6.12. The zero-order chi connectivity index (χ0) is 12.5. The normalized spacial score (nSPS) is 32.0. The summed E-state index contributed by atoms with van der Waals surface area (Å²) in [6.07, 6.45) is 8.34. The van der Waals surface area contributed by atoms with Gasteiger partial charge in [-0.3, -0.25) is 0 Å². The van der Waals surface area contributed by atoms with E-state index in [0.29, 0.717) is 0 Å². The molecule has 0 aliphatic heterocycles. The molecule has 0 aromatic carbocycles. The van der Waals surface area contributed by atoms with E-state index in [2.05, 4.69) is 17.1 Å². The van der Waals surface area contributed by atoms with Crippen LogP contribution in [0.25, 0.3) is 0 Å². The highest BCUT2D eigenvalue weighted by atomic mass is 16.5. The molecule has 2 N–H and O–H groups in total. The Morgan fingerprint density at radius 3 is 2.94 bits per heavy atom. The van der Waals surface area contributed by atoms with E-state index < -0.39 is 0 Å². The van der Waals surface area contributed by atoms with Crippen LogP contribution in [-0.4, -0.2) is 16.2 Å². The molecule has 0 spiro atoms. The summed E-state index contributed by atoms with van der Waals surface area (Å²) in [5.41, 5.74) is 5.91. The lowest BCUT2D eigenvalue weighted by Crippen LogP contribution is -2.22. The average molecular weight is 249 g/mol. The van der Waals surface area contributed by atoms with Crippen LogP contribution in [-0.2, 0) is 12.8 Å². The lowest BCUT2D eigenvalue weighted by atomic mass is 9.86. The number of rotatable bonds is 5. The molecule has 2 fully saturated rings. The fourth-order valence-electron chi connectivity index (χ4n) is 3.69. The highest BCUT2D eigenvalue weighted by molar-refractivity contribution is 4.96. The van der Waals surface area contributed by atoms with Crippen molar-refractivity contribution >= 4 is 0 Å². The lowest BCUT2D eigenvalue weighted by Gasteiger charge is -2.19. The molecule has 2 saturated carbocycles. The largest absolute Gasteiger partial charge is 0.339 e. The second-order valence-corrected chi connectivity index (χ2v) is 6.12. The maximum absolute atomic E-state index is 5.91. The predicted octanol–water partition coefficient (Wildman–Crippen LogP) is 2.33. The minimum Gasteiger partial charge on any atom is -0.339 e. The van der Waals surface area contributed by atoms with E-state index in [-0.39, 0.29) is 6.04 Å². The summed E-state index contributed by atoms with van der Waals surface area (Å²) in [7, 11) is 0. The molecule has 1 heterocycles. The molecule has 4 heteroatoms. The number of hydrogen-bond donors (Lipinski definition) is 1. The maximum atomic E-state index is 5.91. The summed E-state index contributed by atoms with van der Waals surface area (Å²) < 4.78 is 5.36. The molecule has 0 saturated heterocycles. The summed E-state index contributed by atoms with van der Waals surface area (Å²) >= 11 is 0. The van der Waals surface area contributed by atoms with Crippen LogP contribution >= 0.6 is 0 Å². The first-order chi connectivity index (χ1) is 8.74. The van der Waals surface area contributed by atoms with E-state index >= 15 is 0 Å². The van der Waals surface area contributed by atoms with Gasteiger partial charge in [0.1, 0.15) is 0 Å². The lowest BCUT2D eigenvalue weighted by molar-refractivity contribution is 0.287. The van der Waals surface area contributed by atoms with E-state index in [0.717, 1.165) is 48.7 Å². The van der Waals surface area contributed by atoms with Crippen molar-refractivity contribution in [1.82, 2.24) is 10.1 Å². The third-order valence-electron chi connectivity index (χ3n) is 4.80. The second kappa shape index (κ2) is 5.00. The molecule has 100 valence electrons. The Kier molecular flexibility index (Phi) is 3.37. The van der Waals surface area contributed by atoms with E-state index in [1.165, 1.54) is 25.7 Å². The van der Waals surface area contributed by atoms with Crippen molar-refractivity contribution in [2.45, 2.75) is 57.9 Å². The van der Waals surface area contributed by atoms with Gasteiger partial charge in [0.15, 0.2) is 5.82 Å². The molecular weight excluding hydrogens is 226 g/mol. The number of nitrogens with zero attached hydrogens (tertiary/aromatic N) is 2. The van der Waals surface area contributed by atoms with Gasteiger partial charge in [0.05, 0.1) is 0 Å². The van der Waals surface area contributed by atoms with Gasteiger partial charge < -0.3 is 10.3 Å². The van der Waals surface area contributed by atoms with Crippen molar-refractivity contribution in [3.05, 3.63) is 11.7 Å². The van der Waals surface area contributed by atoms with Crippen molar-refractivity contribution in [3.8, 4) is 0 Å². The zero-order valence-corrected chi connectivity index (χ0v) is 11.1. The van der Waals surface area contributed by atoms with E-state index in [1.54, 1.807) is 0 Å². The highest BCUT2D eigenvalue weighted by Crippen LogP contribution is 2.49. The van der Waals surface area contributed by atoms with Crippen LogP contribution < -0.4 is 5.73 Å². The molecule has 4 nitrogen and oxygen atoms in total. The Balaban J connectivity index is 1.57. The Morgan fingerprint density at radius 2 is 2.28 bits per heavy atom. The molecule has 4 atom stereocenters. The SMILES string of the molecule is CCC(N)Cc1noc(CC2CC3CCC2C3)n1. The van der Waals surface area contributed by atoms with E-state index in [4.69, 9.17) is 10.3 Å². The van der Waals surface area contributed by atoms with Gasteiger partial charge in [0, 0.05) is 18.9 Å². The Hall–Kier alpha value is -0.900. The van der Waals surface area contributed by atoms with Gasteiger partial charge in [-0.25, -0.2) is 0 Å². The molecule has 3 rings (SSSR count). The van der Waals surface area contributed by atoms with Gasteiger partial charge >= 0.3 is 0 Å². The van der Waals surface area contributed by atoms with Gasteiger partial charge in [-0.1, -0.05) is 18.5 Å². The third-order valence-corrected chi connectivity index (χ3v) is 4.80. The first-order valence-corrected chi connectivity index (χ1v) is 7.31. The maximum Gasteiger partial charge on any atom is 0.226 e. The smallest absolute Gasteiger partial charge is 0.226 e. The zero-order valence-electron chi connectivity index (χ0n) is 11.1. The Bertz CT molecular complexity index is 403. The summed E-state index contributed by atoms with van der Waals surface area (Å²) in [5.74, 6) is 4.30. The van der Waals surface area contributed by atoms with Gasteiger partial charge in [-0.05, 0) is 43.4 Å². The number of hydrogen-bond acceptors (Lipinski definition) is 4. The Labute approximate surface area is 108 Å². The minimum atomic E-state index is 0.151. The van der Waals surface area contributed by atoms with Crippen LogP contribution in [0.15, 0.2) is 4.52 Å². The fraction of sp³-hybridized carbons (Fsp3) is 0.857. The topological polar surface area (TPSA) is 64.9 Å². The van der Waals surface area contributed by atoms with Crippen molar-refractivity contribution in [2.24, 2.45) is 23.5 Å². The van der Waals surface area contributed by atoms with Gasteiger partial charge in [-0.15, -0.1) is 0 Å².